The van der Waals surface area contributed by atoms with Crippen molar-refractivity contribution in [2.24, 2.45) is 35.5 Å². The van der Waals surface area contributed by atoms with Gasteiger partial charge in [-0.05, 0) is 107 Å². The van der Waals surface area contributed by atoms with E-state index in [0.717, 1.165) is 12.0 Å². The molecule has 2 saturated heterocycles. The summed E-state index contributed by atoms with van der Waals surface area (Å²) in [5.74, 6) is -7.60. The second-order valence-electron chi connectivity index (χ2n) is 21.4. The molecule has 4 rings (SSSR count). The SMILES string of the molecule is CO[C@@H]1C[C@H](C[C@@H](C)[C@@H]2CC(O)[C@H](C)/C=C(\C)[C@H](O)[C@@H](OC)C(=O)[C@H](C)C[C@H](C)/C=C/C=C/C=C(\C)C(OCCOCCOCCO)C[C@@H]3CC[C@@H](C)[C@@](O)(O3)C(=O)C(=O)N3CCCC[C@H]3C(=O)O2)CC[C@H]1O. The first-order valence-corrected chi connectivity index (χ1v) is 26.9. The predicted molar refractivity (Wildman–Crippen MR) is 274 cm³/mol. The second kappa shape index (κ2) is 31.1. The van der Waals surface area contributed by atoms with E-state index in [1.807, 2.05) is 58.1 Å². The lowest BCUT2D eigenvalue weighted by Crippen LogP contribution is -2.61. The number of Topliss-reactive ketones (excluding diaryl/α,β-unsaturated/α-hetero) is 2. The van der Waals surface area contributed by atoms with Crippen LogP contribution in [0.15, 0.2) is 47.6 Å². The average Bonchev–Trinajstić information content (AvgIpc) is 3.37. The van der Waals surface area contributed by atoms with Crippen molar-refractivity contribution in [1.29, 1.82) is 0 Å². The lowest BCUT2D eigenvalue weighted by Gasteiger charge is -2.43. The lowest BCUT2D eigenvalue weighted by atomic mass is 9.78. The van der Waals surface area contributed by atoms with Gasteiger partial charge in [0.2, 0.25) is 5.79 Å². The molecule has 2 unspecified atom stereocenters. The average molecular weight is 1030 g/mol. The molecule has 3 fully saturated rings. The van der Waals surface area contributed by atoms with Gasteiger partial charge in [-0.25, -0.2) is 4.79 Å². The monoisotopic (exact) mass is 1030 g/mol. The number of piperidine rings is 1. The topological polar surface area (TPSA) is 237 Å². The smallest absolute Gasteiger partial charge is 0.329 e. The lowest BCUT2D eigenvalue weighted by molar-refractivity contribution is -0.266. The molecule has 0 aromatic rings. The normalized spacial score (nSPS) is 38.3. The van der Waals surface area contributed by atoms with Crippen LogP contribution in [0, 0.1) is 35.5 Å². The minimum atomic E-state index is -2.48. The van der Waals surface area contributed by atoms with Gasteiger partial charge in [0.05, 0.1) is 70.2 Å². The van der Waals surface area contributed by atoms with E-state index in [2.05, 4.69) is 0 Å². The van der Waals surface area contributed by atoms with Crippen LogP contribution in [-0.2, 0) is 52.3 Å². The molecule has 3 aliphatic heterocycles. The zero-order valence-corrected chi connectivity index (χ0v) is 45.2. The number of allylic oxidation sites excluding steroid dienone is 5. The summed E-state index contributed by atoms with van der Waals surface area (Å²) >= 11 is 0. The molecular formula is C56H91NO16. The van der Waals surface area contributed by atoms with Gasteiger partial charge < -0.3 is 63.6 Å². The van der Waals surface area contributed by atoms with Crippen LogP contribution in [0.3, 0.4) is 0 Å². The number of amides is 1. The fourth-order valence-electron chi connectivity index (χ4n) is 10.8. The molecule has 0 aromatic heterocycles. The number of hydrogen-bond acceptors (Lipinski definition) is 16. The van der Waals surface area contributed by atoms with E-state index in [1.165, 1.54) is 12.0 Å². The van der Waals surface area contributed by atoms with Gasteiger partial charge in [0.25, 0.3) is 11.7 Å². The van der Waals surface area contributed by atoms with E-state index in [1.54, 1.807) is 34.0 Å². The molecule has 1 aliphatic carbocycles. The van der Waals surface area contributed by atoms with Crippen LogP contribution in [-0.4, -0.2) is 175 Å². The van der Waals surface area contributed by atoms with Crippen LogP contribution in [0.1, 0.15) is 126 Å². The third-order valence-corrected chi connectivity index (χ3v) is 15.5. The Morgan fingerprint density at radius 3 is 2.21 bits per heavy atom. The minimum absolute atomic E-state index is 0.000137. The maximum absolute atomic E-state index is 14.5. The molecule has 0 radical (unpaired) electrons. The van der Waals surface area contributed by atoms with Gasteiger partial charge in [0.15, 0.2) is 5.78 Å². The maximum Gasteiger partial charge on any atom is 0.329 e. The number of methoxy groups -OCH3 is 2. The molecule has 4 aliphatic rings. The van der Waals surface area contributed by atoms with Gasteiger partial charge in [-0.3, -0.25) is 14.4 Å². The molecule has 0 spiro atoms. The van der Waals surface area contributed by atoms with E-state index < -0.39 is 90.0 Å². The number of esters is 1. The van der Waals surface area contributed by atoms with E-state index in [9.17, 15) is 39.6 Å². The van der Waals surface area contributed by atoms with Crippen molar-refractivity contribution in [2.75, 3.05) is 60.4 Å². The number of nitrogens with zero attached hydrogens (tertiary/aromatic N) is 1. The summed E-state index contributed by atoms with van der Waals surface area (Å²) in [4.78, 5) is 58.4. The zero-order valence-electron chi connectivity index (χ0n) is 45.2. The summed E-state index contributed by atoms with van der Waals surface area (Å²) in [5.41, 5.74) is 1.26. The van der Waals surface area contributed by atoms with Crippen molar-refractivity contribution >= 4 is 23.4 Å². The predicted octanol–water partition coefficient (Wildman–Crippen LogP) is 5.37. The number of aliphatic hydroxyl groups excluding tert-OH is 4. The number of aliphatic hydroxyl groups is 5. The highest BCUT2D eigenvalue weighted by Gasteiger charge is 2.53. The number of ether oxygens (including phenoxy) is 7. The van der Waals surface area contributed by atoms with Crippen LogP contribution in [0.5, 0.6) is 0 Å². The Kier molecular flexibility index (Phi) is 26.6. The number of fused-ring (bicyclic) bond motifs is 3. The van der Waals surface area contributed by atoms with Crippen molar-refractivity contribution < 1.29 is 77.9 Å². The van der Waals surface area contributed by atoms with Crippen molar-refractivity contribution in [2.45, 2.75) is 186 Å². The van der Waals surface area contributed by atoms with E-state index >= 15 is 0 Å². The molecule has 416 valence electrons. The Morgan fingerprint density at radius 2 is 1.51 bits per heavy atom. The van der Waals surface area contributed by atoms with Gasteiger partial charge in [-0.15, -0.1) is 0 Å². The Labute approximate surface area is 434 Å². The highest BCUT2D eigenvalue weighted by molar-refractivity contribution is 6.39. The second-order valence-corrected chi connectivity index (χ2v) is 21.4. The van der Waals surface area contributed by atoms with Gasteiger partial charge in [0, 0.05) is 51.4 Å². The van der Waals surface area contributed by atoms with Crippen LogP contribution in [0.2, 0.25) is 0 Å². The minimum Gasteiger partial charge on any atom is -0.460 e. The molecule has 1 saturated carbocycles. The molecule has 2 bridgehead atoms. The molecule has 73 heavy (non-hydrogen) atoms. The molecule has 1 amide bonds. The summed E-state index contributed by atoms with van der Waals surface area (Å²) in [6.07, 6.45) is 10.1. The number of hydrogen-bond donors (Lipinski definition) is 5. The summed E-state index contributed by atoms with van der Waals surface area (Å²) in [6.45, 7) is 14.1. The standard InChI is InChI=1S/C56H91NO16/c1-35-15-11-10-12-16-36(2)47(71-28-27-70-26-25-69-24-23-58)33-43-20-18-41(7)56(66,73-43)53(63)54(64)57-22-14-13-17-44(57)55(65)72-48(38(4)31-42-19-21-45(59)49(32-42)67-8)34-46(60)37(3)30-40(6)51(62)52(68-9)50(61)39(5)29-35/h10-12,15-16,30,35,37-39,41-49,51-52,58-60,62,66H,13-14,17-29,31-34H2,1-9H3/b12-10+,15-11+,36-16+,40-30+/t35-,37-,38-,39-,41-,42+,43+,44+,45-,46?,47?,48+,49-,51+,52+,56-/m1/s1. The van der Waals surface area contributed by atoms with E-state index in [4.69, 9.17) is 38.3 Å². The quantitative estimate of drug-likeness (QED) is 0.0637. The highest BCUT2D eigenvalue weighted by Crippen LogP contribution is 2.38. The molecular weight excluding hydrogens is 943 g/mol. The van der Waals surface area contributed by atoms with Gasteiger partial charge in [-0.1, -0.05) is 71.1 Å². The fraction of sp³-hybridized carbons (Fsp3) is 0.786. The van der Waals surface area contributed by atoms with Crippen molar-refractivity contribution in [3.63, 3.8) is 0 Å². The van der Waals surface area contributed by atoms with Crippen LogP contribution in [0.25, 0.3) is 0 Å². The van der Waals surface area contributed by atoms with E-state index in [-0.39, 0.29) is 81.9 Å². The molecule has 3 heterocycles. The molecule has 5 N–H and O–H groups in total. The van der Waals surface area contributed by atoms with Gasteiger partial charge in [0.1, 0.15) is 24.4 Å². The molecule has 17 nitrogen and oxygen atoms in total. The highest BCUT2D eigenvalue weighted by atomic mass is 16.6. The van der Waals surface area contributed by atoms with Crippen LogP contribution >= 0.6 is 0 Å². The van der Waals surface area contributed by atoms with E-state index in [0.29, 0.717) is 70.2 Å². The number of cyclic esters (lactones) is 1. The summed E-state index contributed by atoms with van der Waals surface area (Å²) in [6, 6.07) is -1.14. The summed E-state index contributed by atoms with van der Waals surface area (Å²) in [7, 11) is 2.96. The summed E-state index contributed by atoms with van der Waals surface area (Å²) in [5, 5.41) is 55.0. The first-order valence-electron chi connectivity index (χ1n) is 26.9. The van der Waals surface area contributed by atoms with Crippen molar-refractivity contribution in [1.82, 2.24) is 4.90 Å². The largest absolute Gasteiger partial charge is 0.460 e. The van der Waals surface area contributed by atoms with Crippen molar-refractivity contribution in [3.8, 4) is 0 Å². The maximum atomic E-state index is 14.5. The number of carbonyl (C=O) groups is 4. The molecule has 0 aromatic carbocycles. The Balaban J connectivity index is 1.69. The Morgan fingerprint density at radius 1 is 0.795 bits per heavy atom. The first-order chi connectivity index (χ1) is 34.7. The Hall–Kier alpha value is -3.20. The van der Waals surface area contributed by atoms with Crippen LogP contribution in [0.4, 0.5) is 0 Å². The third kappa shape index (κ3) is 18.5. The summed E-state index contributed by atoms with van der Waals surface area (Å²) < 4.78 is 41.1. The molecule has 16 atom stereocenters. The van der Waals surface area contributed by atoms with Gasteiger partial charge >= 0.3 is 5.97 Å². The molecule has 17 heteroatoms. The third-order valence-electron chi connectivity index (χ3n) is 15.5. The number of rotatable bonds is 14. The fourth-order valence-corrected chi connectivity index (χ4v) is 10.8. The first kappa shape index (κ1) is 62.3. The van der Waals surface area contributed by atoms with Crippen molar-refractivity contribution in [3.05, 3.63) is 47.6 Å². The zero-order chi connectivity index (χ0) is 53.8. The number of ketones is 2. The Bertz CT molecular complexity index is 1850. The van der Waals surface area contributed by atoms with Gasteiger partial charge in [-0.2, -0.15) is 0 Å². The number of carbonyl (C=O) groups excluding carboxylic acids is 4. The van der Waals surface area contributed by atoms with Crippen LogP contribution < -0.4 is 0 Å².